The minimum Gasteiger partial charge on any atom is -0.340 e. The highest BCUT2D eigenvalue weighted by atomic mass is 16.2. The van der Waals surface area contributed by atoms with Crippen LogP contribution in [0.5, 0.6) is 0 Å². The number of fused-ring (bicyclic) bond motifs is 1. The zero-order valence-electron chi connectivity index (χ0n) is 16.3. The summed E-state index contributed by atoms with van der Waals surface area (Å²) in [6.07, 6.45) is 0.880. The first kappa shape index (κ1) is 18.3. The van der Waals surface area contributed by atoms with Gasteiger partial charge in [0.25, 0.3) is 5.91 Å². The van der Waals surface area contributed by atoms with E-state index in [2.05, 4.69) is 15.3 Å². The molecule has 2 N–H and O–H groups in total. The smallest absolute Gasteiger partial charge is 0.327 e. The summed E-state index contributed by atoms with van der Waals surface area (Å²) in [5, 5.41) is 2.88. The molecule has 1 spiro atoms. The van der Waals surface area contributed by atoms with Crippen molar-refractivity contribution >= 4 is 29.0 Å². The summed E-state index contributed by atoms with van der Waals surface area (Å²) in [6.45, 7) is 3.15. The summed E-state index contributed by atoms with van der Waals surface area (Å²) < 4.78 is 0. The predicted octanol–water partition coefficient (Wildman–Crippen LogP) is 1.44. The minimum absolute atomic E-state index is 0.183. The second-order valence-corrected chi connectivity index (χ2v) is 7.59. The highest BCUT2D eigenvalue weighted by Crippen LogP contribution is 2.35. The van der Waals surface area contributed by atoms with Crippen molar-refractivity contribution in [3.05, 3.63) is 29.6 Å². The van der Waals surface area contributed by atoms with Crippen LogP contribution in [-0.4, -0.2) is 75.4 Å². The van der Waals surface area contributed by atoms with Gasteiger partial charge in [-0.15, -0.1) is 0 Å². The number of carbonyl (C=O) groups is 3. The second kappa shape index (κ2) is 6.50. The van der Waals surface area contributed by atoms with Crippen LogP contribution in [0.15, 0.2) is 18.2 Å². The molecule has 0 aliphatic carbocycles. The third-order valence-corrected chi connectivity index (χ3v) is 5.89. The van der Waals surface area contributed by atoms with Crippen molar-refractivity contribution in [2.24, 2.45) is 0 Å². The van der Waals surface area contributed by atoms with Gasteiger partial charge in [0.15, 0.2) is 0 Å². The Kier molecular flexibility index (Phi) is 4.24. The molecule has 0 saturated carbocycles. The zero-order chi connectivity index (χ0) is 20.1. The van der Waals surface area contributed by atoms with Crippen molar-refractivity contribution in [2.45, 2.75) is 31.8 Å². The normalized spacial score (nSPS) is 19.2. The Balaban J connectivity index is 1.36. The topological polar surface area (TPSA) is 102 Å². The van der Waals surface area contributed by atoms with E-state index < -0.39 is 5.54 Å². The maximum atomic E-state index is 12.5. The molecule has 5 amide bonds. The molecule has 3 heterocycles. The molecule has 148 valence electrons. The molecular weight excluding hydrogens is 360 g/mol. The molecule has 2 aliphatic rings. The number of imide groups is 1. The molecule has 28 heavy (non-hydrogen) atoms. The maximum absolute atomic E-state index is 12.5. The lowest BCUT2D eigenvalue weighted by atomic mass is 9.86. The highest BCUT2D eigenvalue weighted by molar-refractivity contribution is 6.06. The van der Waals surface area contributed by atoms with Gasteiger partial charge in [-0.3, -0.25) is 9.69 Å². The molecule has 2 saturated heterocycles. The number of imidazole rings is 1. The third-order valence-electron chi connectivity index (χ3n) is 5.89. The fourth-order valence-electron chi connectivity index (χ4n) is 4.11. The number of hydrogen-bond donors (Lipinski definition) is 2. The summed E-state index contributed by atoms with van der Waals surface area (Å²) in [7, 11) is 3.16. The van der Waals surface area contributed by atoms with Gasteiger partial charge in [0.2, 0.25) is 0 Å². The number of aromatic amines is 1. The SMILES string of the molecule is Cc1ccc2nc(CNC(=O)N3CCC4(CC3)C(=O)N(C)C(=O)N4C)[nH]c2c1. The molecule has 1 aromatic carbocycles. The summed E-state index contributed by atoms with van der Waals surface area (Å²) >= 11 is 0. The number of carbonyl (C=O) groups excluding carboxylic acids is 3. The lowest BCUT2D eigenvalue weighted by Gasteiger charge is -2.40. The monoisotopic (exact) mass is 384 g/mol. The molecule has 0 atom stereocenters. The third kappa shape index (κ3) is 2.78. The van der Waals surface area contributed by atoms with Gasteiger partial charge in [-0.25, -0.2) is 14.6 Å². The number of hydrogen-bond acceptors (Lipinski definition) is 4. The van der Waals surface area contributed by atoms with Gasteiger partial charge in [-0.2, -0.15) is 0 Å². The van der Waals surface area contributed by atoms with E-state index >= 15 is 0 Å². The van der Waals surface area contributed by atoms with E-state index in [0.29, 0.717) is 38.3 Å². The van der Waals surface area contributed by atoms with Crippen molar-refractivity contribution in [3.8, 4) is 0 Å². The number of aromatic nitrogens is 2. The summed E-state index contributed by atoms with van der Waals surface area (Å²) in [5.74, 6) is 0.512. The molecule has 0 unspecified atom stereocenters. The van der Waals surface area contributed by atoms with E-state index in [9.17, 15) is 14.4 Å². The van der Waals surface area contributed by atoms with Crippen LogP contribution < -0.4 is 5.32 Å². The number of nitrogens with zero attached hydrogens (tertiary/aromatic N) is 4. The van der Waals surface area contributed by atoms with E-state index in [4.69, 9.17) is 0 Å². The van der Waals surface area contributed by atoms with Crippen LogP contribution in [0.2, 0.25) is 0 Å². The Hall–Kier alpha value is -3.10. The fraction of sp³-hybridized carbons (Fsp3) is 0.474. The lowest BCUT2D eigenvalue weighted by molar-refractivity contribution is -0.134. The minimum atomic E-state index is -0.820. The number of nitrogens with one attached hydrogen (secondary N) is 2. The second-order valence-electron chi connectivity index (χ2n) is 7.59. The Morgan fingerprint density at radius 2 is 1.96 bits per heavy atom. The number of amides is 5. The number of H-pyrrole nitrogens is 1. The summed E-state index contributed by atoms with van der Waals surface area (Å²) in [6, 6.07) is 5.48. The van der Waals surface area contributed by atoms with Gasteiger partial charge in [-0.1, -0.05) is 6.07 Å². The van der Waals surface area contributed by atoms with Crippen molar-refractivity contribution in [1.29, 1.82) is 0 Å². The maximum Gasteiger partial charge on any atom is 0.327 e. The van der Waals surface area contributed by atoms with Crippen LogP contribution >= 0.6 is 0 Å². The Morgan fingerprint density at radius 3 is 2.61 bits per heavy atom. The Bertz CT molecular complexity index is 960. The average molecular weight is 384 g/mol. The number of benzene rings is 1. The summed E-state index contributed by atoms with van der Waals surface area (Å²) in [5.41, 5.74) is 2.13. The molecule has 2 aromatic rings. The molecule has 2 fully saturated rings. The van der Waals surface area contributed by atoms with Crippen LogP contribution in [-0.2, 0) is 11.3 Å². The van der Waals surface area contributed by atoms with E-state index in [1.165, 1.54) is 16.8 Å². The van der Waals surface area contributed by atoms with Crippen molar-refractivity contribution in [2.75, 3.05) is 27.2 Å². The van der Waals surface area contributed by atoms with Gasteiger partial charge in [0.1, 0.15) is 11.4 Å². The molecule has 0 radical (unpaired) electrons. The molecule has 9 heteroatoms. The largest absolute Gasteiger partial charge is 0.340 e. The number of piperidine rings is 1. The first-order valence-corrected chi connectivity index (χ1v) is 9.36. The van der Waals surface area contributed by atoms with Crippen LogP contribution in [0.3, 0.4) is 0 Å². The van der Waals surface area contributed by atoms with Gasteiger partial charge in [-0.05, 0) is 37.5 Å². The molecule has 4 rings (SSSR count). The lowest BCUT2D eigenvalue weighted by Crippen LogP contribution is -2.57. The molecule has 0 bridgehead atoms. The number of likely N-dealkylation sites (tertiary alicyclic amines) is 1. The number of urea groups is 2. The molecule has 2 aliphatic heterocycles. The Labute approximate surface area is 162 Å². The van der Waals surface area contributed by atoms with E-state index in [0.717, 1.165) is 16.6 Å². The van der Waals surface area contributed by atoms with Crippen molar-refractivity contribution < 1.29 is 14.4 Å². The molecule has 9 nitrogen and oxygen atoms in total. The average Bonchev–Trinajstić information content (AvgIpc) is 3.17. The number of likely N-dealkylation sites (N-methyl/N-ethyl adjacent to an activating group) is 2. The van der Waals surface area contributed by atoms with Crippen molar-refractivity contribution in [3.63, 3.8) is 0 Å². The van der Waals surface area contributed by atoms with E-state index in [-0.39, 0.29) is 18.0 Å². The van der Waals surface area contributed by atoms with Crippen LogP contribution in [0, 0.1) is 6.92 Å². The first-order valence-electron chi connectivity index (χ1n) is 9.36. The first-order chi connectivity index (χ1) is 13.3. The van der Waals surface area contributed by atoms with Crippen LogP contribution in [0.25, 0.3) is 11.0 Å². The zero-order valence-corrected chi connectivity index (χ0v) is 16.3. The molecule has 1 aromatic heterocycles. The van der Waals surface area contributed by atoms with Crippen molar-refractivity contribution in [1.82, 2.24) is 30.0 Å². The van der Waals surface area contributed by atoms with Gasteiger partial charge < -0.3 is 20.1 Å². The Morgan fingerprint density at radius 1 is 1.25 bits per heavy atom. The van der Waals surface area contributed by atoms with Crippen LogP contribution in [0.4, 0.5) is 9.59 Å². The van der Waals surface area contributed by atoms with Crippen LogP contribution in [0.1, 0.15) is 24.2 Å². The standard InChI is InChI=1S/C19H24N6O3/c1-12-4-5-13-14(10-12)22-15(21-13)11-20-17(27)25-8-6-19(7-9-25)16(26)23(2)18(28)24(19)3/h4-5,10H,6-9,11H2,1-3H3,(H,20,27)(H,21,22). The highest BCUT2D eigenvalue weighted by Gasteiger charge is 2.55. The van der Waals surface area contributed by atoms with Gasteiger partial charge >= 0.3 is 12.1 Å². The quantitative estimate of drug-likeness (QED) is 0.765. The fourth-order valence-corrected chi connectivity index (χ4v) is 4.11. The van der Waals surface area contributed by atoms with E-state index in [1.807, 2.05) is 25.1 Å². The van der Waals surface area contributed by atoms with Gasteiger partial charge in [0, 0.05) is 27.2 Å². The number of rotatable bonds is 2. The van der Waals surface area contributed by atoms with E-state index in [1.54, 1.807) is 11.9 Å². The van der Waals surface area contributed by atoms with Gasteiger partial charge in [0.05, 0.1) is 17.6 Å². The molecular formula is C19H24N6O3. The predicted molar refractivity (Wildman–Crippen MR) is 103 cm³/mol. The number of aryl methyl sites for hydroxylation is 1. The summed E-state index contributed by atoms with van der Waals surface area (Å²) in [4.78, 5) is 49.2.